The van der Waals surface area contributed by atoms with Crippen molar-refractivity contribution in [1.82, 2.24) is 0 Å². The van der Waals surface area contributed by atoms with Crippen molar-refractivity contribution in [2.75, 3.05) is 11.9 Å². The quantitative estimate of drug-likeness (QED) is 0.544. The normalized spacial score (nSPS) is 13.4. The Labute approximate surface area is 66.4 Å². The van der Waals surface area contributed by atoms with Gasteiger partial charge in [-0.2, -0.15) is 0 Å². The Morgan fingerprint density at radius 1 is 1.45 bits per heavy atom. The summed E-state index contributed by atoms with van der Waals surface area (Å²) >= 11 is 0. The highest BCUT2D eigenvalue weighted by atomic mass is 14.9. The Balaban J connectivity index is 2.61. The lowest BCUT2D eigenvalue weighted by molar-refractivity contribution is 1.11. The molecule has 0 unspecified atom stereocenters. The van der Waals surface area contributed by atoms with Crippen LogP contribution in [0.5, 0.6) is 0 Å². The highest BCUT2D eigenvalue weighted by molar-refractivity contribution is 5.66. The molecule has 1 nitrogen and oxygen atoms in total. The van der Waals surface area contributed by atoms with Gasteiger partial charge in [0.15, 0.2) is 0 Å². The second kappa shape index (κ2) is 2.32. The van der Waals surface area contributed by atoms with Crippen molar-refractivity contribution in [3.63, 3.8) is 0 Å². The second-order valence-electron chi connectivity index (χ2n) is 2.66. The van der Waals surface area contributed by atoms with Crippen LogP contribution in [0.25, 0.3) is 0 Å². The van der Waals surface area contributed by atoms with E-state index in [1.807, 2.05) is 12.1 Å². The molecule has 0 aromatic heterocycles. The molecule has 1 aromatic carbocycles. The maximum atomic E-state index is 5.33. The third-order valence-corrected chi connectivity index (χ3v) is 2.00. The highest BCUT2D eigenvalue weighted by Crippen LogP contribution is 2.25. The van der Waals surface area contributed by atoms with Crippen LogP contribution >= 0.6 is 0 Å². The van der Waals surface area contributed by atoms with Gasteiger partial charge in [0, 0.05) is 12.1 Å². The van der Waals surface area contributed by atoms with Crippen molar-refractivity contribution in [3.8, 4) is 12.3 Å². The van der Waals surface area contributed by atoms with E-state index in [0.717, 1.165) is 24.2 Å². The van der Waals surface area contributed by atoms with E-state index >= 15 is 0 Å². The molecule has 1 N–H and O–H groups in total. The monoisotopic (exact) mass is 143 g/mol. The molecular weight excluding hydrogens is 134 g/mol. The molecular formula is C10H9N. The number of anilines is 1. The molecule has 1 aliphatic rings. The summed E-state index contributed by atoms with van der Waals surface area (Å²) in [5, 5.41) is 3.28. The van der Waals surface area contributed by atoms with Gasteiger partial charge in [0.2, 0.25) is 0 Å². The van der Waals surface area contributed by atoms with Crippen LogP contribution in [0.3, 0.4) is 0 Å². The third-order valence-electron chi connectivity index (χ3n) is 2.00. The summed E-state index contributed by atoms with van der Waals surface area (Å²) in [5.74, 6) is 2.66. The lowest BCUT2D eigenvalue weighted by Crippen LogP contribution is -1.92. The van der Waals surface area contributed by atoms with Gasteiger partial charge < -0.3 is 5.32 Å². The van der Waals surface area contributed by atoms with Crippen molar-refractivity contribution in [2.24, 2.45) is 0 Å². The van der Waals surface area contributed by atoms with Crippen LogP contribution in [0.1, 0.15) is 11.1 Å². The molecule has 2 rings (SSSR count). The minimum Gasteiger partial charge on any atom is -0.383 e. The van der Waals surface area contributed by atoms with Gasteiger partial charge in [-0.1, -0.05) is 18.1 Å². The molecule has 0 atom stereocenters. The highest BCUT2D eigenvalue weighted by Gasteiger charge is 2.11. The summed E-state index contributed by atoms with van der Waals surface area (Å²) in [4.78, 5) is 0. The maximum Gasteiger partial charge on any atom is 0.0532 e. The predicted molar refractivity (Wildman–Crippen MR) is 46.6 cm³/mol. The smallest absolute Gasteiger partial charge is 0.0532 e. The zero-order valence-electron chi connectivity index (χ0n) is 6.22. The van der Waals surface area contributed by atoms with Gasteiger partial charge in [-0.3, -0.25) is 0 Å². The van der Waals surface area contributed by atoms with Gasteiger partial charge >= 0.3 is 0 Å². The van der Waals surface area contributed by atoms with E-state index < -0.39 is 0 Å². The van der Waals surface area contributed by atoms with Crippen molar-refractivity contribution in [1.29, 1.82) is 0 Å². The lowest BCUT2D eigenvalue weighted by Gasteiger charge is -2.00. The fraction of sp³-hybridized carbons (Fsp3) is 0.200. The average Bonchev–Trinajstić information content (AvgIpc) is 2.50. The molecule has 0 saturated heterocycles. The zero-order chi connectivity index (χ0) is 7.68. The number of nitrogens with one attached hydrogen (secondary N) is 1. The first-order valence-electron chi connectivity index (χ1n) is 3.74. The number of fused-ring (bicyclic) bond motifs is 1. The molecule has 54 valence electrons. The van der Waals surface area contributed by atoms with E-state index in [1.54, 1.807) is 0 Å². The molecule has 0 radical (unpaired) electrons. The molecule has 0 aliphatic carbocycles. The Bertz CT molecular complexity index is 320. The summed E-state index contributed by atoms with van der Waals surface area (Å²) < 4.78 is 0. The topological polar surface area (TPSA) is 12.0 Å². The summed E-state index contributed by atoms with van der Waals surface area (Å²) in [6.45, 7) is 1.02. The average molecular weight is 143 g/mol. The first-order valence-corrected chi connectivity index (χ1v) is 3.74. The number of para-hydroxylation sites is 1. The van der Waals surface area contributed by atoms with Gasteiger partial charge in [-0.25, -0.2) is 0 Å². The third kappa shape index (κ3) is 0.877. The summed E-state index contributed by atoms with van der Waals surface area (Å²) in [6.07, 6.45) is 6.43. The number of rotatable bonds is 0. The fourth-order valence-electron chi connectivity index (χ4n) is 1.46. The van der Waals surface area contributed by atoms with Crippen molar-refractivity contribution in [3.05, 3.63) is 29.3 Å². The van der Waals surface area contributed by atoms with E-state index in [-0.39, 0.29) is 0 Å². The number of hydrogen-bond donors (Lipinski definition) is 1. The van der Waals surface area contributed by atoms with Gasteiger partial charge in [-0.05, 0) is 18.1 Å². The van der Waals surface area contributed by atoms with Gasteiger partial charge in [-0.15, -0.1) is 6.42 Å². The molecule has 0 spiro atoms. The van der Waals surface area contributed by atoms with Crippen molar-refractivity contribution < 1.29 is 0 Å². The molecule has 11 heavy (non-hydrogen) atoms. The van der Waals surface area contributed by atoms with E-state index in [0.29, 0.717) is 0 Å². The minimum atomic E-state index is 0.986. The number of terminal acetylenes is 1. The van der Waals surface area contributed by atoms with E-state index in [2.05, 4.69) is 17.3 Å². The minimum absolute atomic E-state index is 0.986. The van der Waals surface area contributed by atoms with Crippen molar-refractivity contribution >= 4 is 5.69 Å². The molecule has 0 amide bonds. The van der Waals surface area contributed by atoms with Gasteiger partial charge in [0.25, 0.3) is 0 Å². The van der Waals surface area contributed by atoms with Crippen molar-refractivity contribution in [2.45, 2.75) is 6.42 Å². The summed E-state index contributed by atoms with van der Waals surface area (Å²) in [7, 11) is 0. The van der Waals surface area contributed by atoms with Crippen LogP contribution in [0.4, 0.5) is 5.69 Å². The maximum absolute atomic E-state index is 5.33. The molecule has 1 heteroatoms. The standard InChI is InChI=1S/C10H9N/c1-2-8-4-3-5-9-6-7-11-10(8)9/h1,3-5,11H,6-7H2. The largest absolute Gasteiger partial charge is 0.383 e. The first kappa shape index (κ1) is 6.30. The van der Waals surface area contributed by atoms with Crippen LogP contribution in [-0.2, 0) is 6.42 Å². The van der Waals surface area contributed by atoms with E-state index in [4.69, 9.17) is 6.42 Å². The summed E-state index contributed by atoms with van der Waals surface area (Å²) in [5.41, 5.74) is 3.50. The van der Waals surface area contributed by atoms with Crippen LogP contribution in [0.2, 0.25) is 0 Å². The fourth-order valence-corrected chi connectivity index (χ4v) is 1.46. The number of hydrogen-bond acceptors (Lipinski definition) is 1. The Kier molecular flexibility index (Phi) is 1.33. The van der Waals surface area contributed by atoms with E-state index in [1.165, 1.54) is 5.56 Å². The van der Waals surface area contributed by atoms with Crippen LogP contribution in [-0.4, -0.2) is 6.54 Å². The predicted octanol–water partition coefficient (Wildman–Crippen LogP) is 1.64. The number of benzene rings is 1. The van der Waals surface area contributed by atoms with Gasteiger partial charge in [0.1, 0.15) is 0 Å². The molecule has 0 bridgehead atoms. The van der Waals surface area contributed by atoms with Gasteiger partial charge in [0.05, 0.1) is 5.69 Å². The zero-order valence-corrected chi connectivity index (χ0v) is 6.22. The lowest BCUT2D eigenvalue weighted by atomic mass is 10.1. The van der Waals surface area contributed by atoms with Crippen LogP contribution < -0.4 is 5.32 Å². The summed E-state index contributed by atoms with van der Waals surface area (Å²) in [6, 6.07) is 6.11. The Morgan fingerprint density at radius 2 is 2.36 bits per heavy atom. The van der Waals surface area contributed by atoms with E-state index in [9.17, 15) is 0 Å². The molecule has 1 aromatic rings. The molecule has 1 heterocycles. The Morgan fingerprint density at radius 3 is 3.18 bits per heavy atom. The first-order chi connectivity index (χ1) is 5.42. The van der Waals surface area contributed by atoms with Crippen LogP contribution in [0, 0.1) is 12.3 Å². The molecule has 0 saturated carbocycles. The molecule has 0 fully saturated rings. The van der Waals surface area contributed by atoms with Crippen LogP contribution in [0.15, 0.2) is 18.2 Å². The Hall–Kier alpha value is -1.42. The second-order valence-corrected chi connectivity index (χ2v) is 2.66. The SMILES string of the molecule is C#Cc1cccc2c1NCC2. The molecule has 1 aliphatic heterocycles.